The van der Waals surface area contributed by atoms with Gasteiger partial charge >= 0.3 is 0 Å². The minimum Gasteiger partial charge on any atom is -0.353 e. The fourth-order valence-corrected chi connectivity index (χ4v) is 4.30. The highest BCUT2D eigenvalue weighted by Crippen LogP contribution is 2.33. The summed E-state index contributed by atoms with van der Waals surface area (Å²) in [5.74, 6) is 1.00. The number of piperidine rings is 1. The van der Waals surface area contributed by atoms with Crippen LogP contribution in [0.4, 0.5) is 5.82 Å². The predicted molar refractivity (Wildman–Crippen MR) is 101 cm³/mol. The molecule has 2 aromatic rings. The van der Waals surface area contributed by atoms with Crippen molar-refractivity contribution in [2.24, 2.45) is 0 Å². The van der Waals surface area contributed by atoms with Gasteiger partial charge in [0.25, 0.3) is 0 Å². The third-order valence-corrected chi connectivity index (χ3v) is 6.04. The standard InChI is InChI=1S/C19H28N6/c1-15-5-6-16-17(22-15)18(21-14-20-16)25-10-4-9-24(3)19(13-25)7-11-23(2)12-8-19/h5-6,14H,4,7-13H2,1-3H3. The Morgan fingerprint density at radius 3 is 2.60 bits per heavy atom. The SMILES string of the molecule is Cc1ccc2ncnc(N3CCCN(C)C4(CCN(C)CC4)C3)c2n1. The minimum atomic E-state index is 0.240. The molecule has 0 amide bonds. The Balaban J connectivity index is 1.71. The van der Waals surface area contributed by atoms with E-state index >= 15 is 0 Å². The maximum atomic E-state index is 4.76. The van der Waals surface area contributed by atoms with E-state index in [0.717, 1.165) is 48.6 Å². The van der Waals surface area contributed by atoms with Gasteiger partial charge in [0.15, 0.2) is 5.82 Å². The molecule has 2 aliphatic rings. The van der Waals surface area contributed by atoms with E-state index in [4.69, 9.17) is 4.98 Å². The average molecular weight is 340 g/mol. The van der Waals surface area contributed by atoms with E-state index in [2.05, 4.69) is 44.8 Å². The first kappa shape index (κ1) is 16.7. The normalized spacial score (nSPS) is 22.4. The molecule has 0 unspecified atom stereocenters. The molecular formula is C19H28N6. The number of likely N-dealkylation sites (N-methyl/N-ethyl adjacent to an activating group) is 1. The molecule has 2 aromatic heterocycles. The van der Waals surface area contributed by atoms with Crippen LogP contribution in [0.2, 0.25) is 0 Å². The van der Waals surface area contributed by atoms with Gasteiger partial charge in [-0.3, -0.25) is 4.90 Å². The summed E-state index contributed by atoms with van der Waals surface area (Å²) in [5, 5.41) is 0. The fraction of sp³-hybridized carbons (Fsp3) is 0.632. The van der Waals surface area contributed by atoms with E-state index in [0.29, 0.717) is 0 Å². The molecule has 6 nitrogen and oxygen atoms in total. The number of rotatable bonds is 1. The third-order valence-electron chi connectivity index (χ3n) is 6.04. The average Bonchev–Trinajstić information content (AvgIpc) is 2.77. The lowest BCUT2D eigenvalue weighted by Gasteiger charge is -2.47. The zero-order chi connectivity index (χ0) is 17.4. The number of nitrogens with zero attached hydrogens (tertiary/aromatic N) is 6. The summed E-state index contributed by atoms with van der Waals surface area (Å²) < 4.78 is 0. The molecule has 6 heteroatoms. The monoisotopic (exact) mass is 340 g/mol. The van der Waals surface area contributed by atoms with Crippen LogP contribution in [0, 0.1) is 6.92 Å². The lowest BCUT2D eigenvalue weighted by atomic mass is 9.85. The van der Waals surface area contributed by atoms with Gasteiger partial charge in [0, 0.05) is 30.9 Å². The molecule has 4 heterocycles. The minimum absolute atomic E-state index is 0.240. The van der Waals surface area contributed by atoms with Gasteiger partial charge in [-0.15, -0.1) is 0 Å². The van der Waals surface area contributed by atoms with Crippen molar-refractivity contribution in [2.75, 3.05) is 51.7 Å². The van der Waals surface area contributed by atoms with Crippen LogP contribution in [-0.4, -0.2) is 77.1 Å². The van der Waals surface area contributed by atoms with E-state index in [1.54, 1.807) is 6.33 Å². The zero-order valence-electron chi connectivity index (χ0n) is 15.6. The van der Waals surface area contributed by atoms with Gasteiger partial charge < -0.3 is 9.80 Å². The van der Waals surface area contributed by atoms with E-state index in [-0.39, 0.29) is 5.54 Å². The number of likely N-dealkylation sites (tertiary alicyclic amines) is 1. The summed E-state index contributed by atoms with van der Waals surface area (Å²) in [6.07, 6.45) is 5.27. The largest absolute Gasteiger partial charge is 0.353 e. The Bertz CT molecular complexity index is 753. The second-order valence-corrected chi connectivity index (χ2v) is 7.74. The van der Waals surface area contributed by atoms with E-state index in [9.17, 15) is 0 Å². The van der Waals surface area contributed by atoms with Crippen molar-refractivity contribution in [1.29, 1.82) is 0 Å². The molecule has 134 valence electrons. The molecule has 0 aromatic carbocycles. The van der Waals surface area contributed by atoms with Gasteiger partial charge in [-0.25, -0.2) is 15.0 Å². The molecular weight excluding hydrogens is 312 g/mol. The van der Waals surface area contributed by atoms with Crippen LogP contribution in [0.5, 0.6) is 0 Å². The molecule has 0 N–H and O–H groups in total. The van der Waals surface area contributed by atoms with Crippen molar-refractivity contribution in [3.63, 3.8) is 0 Å². The number of aromatic nitrogens is 3. The lowest BCUT2D eigenvalue weighted by molar-refractivity contribution is 0.0604. The Morgan fingerprint density at radius 1 is 1.00 bits per heavy atom. The van der Waals surface area contributed by atoms with Crippen molar-refractivity contribution in [3.05, 3.63) is 24.2 Å². The van der Waals surface area contributed by atoms with Gasteiger partial charge in [-0.2, -0.15) is 0 Å². The Morgan fingerprint density at radius 2 is 1.80 bits per heavy atom. The van der Waals surface area contributed by atoms with Crippen LogP contribution in [-0.2, 0) is 0 Å². The van der Waals surface area contributed by atoms with Gasteiger partial charge in [0.1, 0.15) is 11.8 Å². The zero-order valence-corrected chi connectivity index (χ0v) is 15.6. The Kier molecular flexibility index (Phi) is 4.33. The van der Waals surface area contributed by atoms with Crippen molar-refractivity contribution < 1.29 is 0 Å². The molecule has 2 aliphatic heterocycles. The van der Waals surface area contributed by atoms with Crippen LogP contribution in [0.15, 0.2) is 18.5 Å². The molecule has 0 saturated carbocycles. The molecule has 2 saturated heterocycles. The summed E-state index contributed by atoms with van der Waals surface area (Å²) in [4.78, 5) is 21.3. The van der Waals surface area contributed by atoms with Crippen LogP contribution >= 0.6 is 0 Å². The van der Waals surface area contributed by atoms with Crippen molar-refractivity contribution in [3.8, 4) is 0 Å². The maximum absolute atomic E-state index is 4.76. The molecule has 0 bridgehead atoms. The summed E-state index contributed by atoms with van der Waals surface area (Å²) >= 11 is 0. The number of fused-ring (bicyclic) bond motifs is 1. The second kappa shape index (κ2) is 6.50. The molecule has 2 fully saturated rings. The van der Waals surface area contributed by atoms with Crippen molar-refractivity contribution >= 4 is 16.9 Å². The summed E-state index contributed by atoms with van der Waals surface area (Å²) in [6.45, 7) is 7.57. The molecule has 4 rings (SSSR count). The van der Waals surface area contributed by atoms with Crippen LogP contribution in [0.1, 0.15) is 25.0 Å². The number of anilines is 1. The van der Waals surface area contributed by atoms with Crippen LogP contribution < -0.4 is 4.90 Å². The quantitative estimate of drug-likeness (QED) is 0.791. The van der Waals surface area contributed by atoms with E-state index < -0.39 is 0 Å². The van der Waals surface area contributed by atoms with E-state index in [1.807, 2.05) is 13.0 Å². The molecule has 0 radical (unpaired) electrons. The summed E-state index contributed by atoms with van der Waals surface area (Å²) in [6, 6.07) is 4.08. The molecule has 0 atom stereocenters. The first-order chi connectivity index (χ1) is 12.1. The van der Waals surface area contributed by atoms with Crippen LogP contribution in [0.3, 0.4) is 0 Å². The Labute approximate surface area is 149 Å². The predicted octanol–water partition coefficient (Wildman–Crippen LogP) is 1.94. The van der Waals surface area contributed by atoms with Gasteiger partial charge in [0.2, 0.25) is 0 Å². The smallest absolute Gasteiger partial charge is 0.158 e. The van der Waals surface area contributed by atoms with E-state index in [1.165, 1.54) is 25.9 Å². The van der Waals surface area contributed by atoms with Gasteiger partial charge in [-0.05, 0) is 65.5 Å². The summed E-state index contributed by atoms with van der Waals surface area (Å²) in [7, 11) is 4.53. The first-order valence-electron chi connectivity index (χ1n) is 9.30. The lowest BCUT2D eigenvalue weighted by Crippen LogP contribution is -2.57. The fourth-order valence-electron chi connectivity index (χ4n) is 4.30. The number of pyridine rings is 1. The third kappa shape index (κ3) is 3.09. The summed E-state index contributed by atoms with van der Waals surface area (Å²) in [5.41, 5.74) is 3.13. The highest BCUT2D eigenvalue weighted by molar-refractivity contribution is 5.85. The Hall–Kier alpha value is -1.79. The topological polar surface area (TPSA) is 48.4 Å². The first-order valence-corrected chi connectivity index (χ1v) is 9.30. The molecule has 0 aliphatic carbocycles. The van der Waals surface area contributed by atoms with Gasteiger partial charge in [-0.1, -0.05) is 0 Å². The number of aryl methyl sites for hydroxylation is 1. The number of hydrogen-bond acceptors (Lipinski definition) is 6. The van der Waals surface area contributed by atoms with Crippen molar-refractivity contribution in [2.45, 2.75) is 31.7 Å². The molecule has 25 heavy (non-hydrogen) atoms. The highest BCUT2D eigenvalue weighted by Gasteiger charge is 2.40. The maximum Gasteiger partial charge on any atom is 0.158 e. The van der Waals surface area contributed by atoms with Crippen molar-refractivity contribution in [1.82, 2.24) is 24.8 Å². The highest BCUT2D eigenvalue weighted by atomic mass is 15.3. The molecule has 1 spiro atoms. The second-order valence-electron chi connectivity index (χ2n) is 7.74. The van der Waals surface area contributed by atoms with Crippen LogP contribution in [0.25, 0.3) is 11.0 Å². The number of hydrogen-bond donors (Lipinski definition) is 0. The van der Waals surface area contributed by atoms with Gasteiger partial charge in [0.05, 0.1) is 5.52 Å².